The molecule has 0 bridgehead atoms. The van der Waals surface area contributed by atoms with Crippen molar-refractivity contribution in [3.05, 3.63) is 0 Å². The molecule has 412 valence electrons. The predicted octanol–water partition coefficient (Wildman–Crippen LogP) is 5.81. The molecule has 2 aliphatic rings. The molecule has 4 N–H and O–H groups in total. The van der Waals surface area contributed by atoms with Crippen molar-refractivity contribution in [2.75, 3.05) is 34.5 Å². The molecule has 0 radical (unpaired) electrons. The number of aliphatic hydroxyl groups is 4. The Morgan fingerprint density at radius 1 is 0.290 bits per heavy atom. The Kier molecular flexibility index (Phi) is 300. The summed E-state index contributed by atoms with van der Waals surface area (Å²) in [6, 6.07) is 0. The van der Waals surface area contributed by atoms with Crippen LogP contribution >= 0.6 is 0 Å². The van der Waals surface area contributed by atoms with Crippen LogP contribution in [0.3, 0.4) is 0 Å². The molecule has 0 heterocycles. The minimum Gasteiger partial charge on any atom is -0.813 e. The molecular formula is C36H86Fe6Mo2O4S14-14. The molecule has 26 heteroatoms. The van der Waals surface area contributed by atoms with Crippen LogP contribution < -0.4 is 0 Å². The minimum absolute atomic E-state index is 0. The zero-order valence-corrected chi connectivity index (χ0v) is 60.8. The number of hydrogen-bond donors (Lipinski definition) is 4. The predicted molar refractivity (Wildman–Crippen MR) is 294 cm³/mol. The van der Waals surface area contributed by atoms with Gasteiger partial charge in [0.15, 0.2) is 0 Å². The third-order valence-corrected chi connectivity index (χ3v) is 7.09. The minimum atomic E-state index is -0.472. The molecular weight excluding hydrogens is 1470 g/mol. The number of thiol groups is 8. The van der Waals surface area contributed by atoms with Gasteiger partial charge in [-0.1, -0.05) is 94.9 Å². The van der Waals surface area contributed by atoms with Gasteiger partial charge in [0, 0.05) is 145 Å². The Labute approximate surface area is 569 Å². The van der Waals surface area contributed by atoms with Gasteiger partial charge < -0.3 is 204 Å². The van der Waals surface area contributed by atoms with Gasteiger partial charge in [0.1, 0.15) is 0 Å². The average molecular weight is 1560 g/mol. The fraction of sp³-hybridized carbons (Fsp3) is 1.00. The van der Waals surface area contributed by atoms with Gasteiger partial charge in [-0.2, -0.15) is 34.5 Å². The third kappa shape index (κ3) is 106. The van der Waals surface area contributed by atoms with E-state index in [4.69, 9.17) is 0 Å². The normalized spacial score (nSPS) is 19.2. The molecule has 62 heavy (non-hydrogen) atoms. The van der Waals surface area contributed by atoms with Crippen molar-refractivity contribution in [3.8, 4) is 0 Å². The van der Waals surface area contributed by atoms with Crippen LogP contribution in [0.4, 0.5) is 0 Å². The van der Waals surface area contributed by atoms with Gasteiger partial charge in [0.05, 0.1) is 24.4 Å². The maximum Gasteiger partial charge on any atom is 0.0829 e. The van der Waals surface area contributed by atoms with Crippen molar-refractivity contribution >= 4 is 184 Å². The average Bonchev–Trinajstić information content (AvgIpc) is 3.00. The van der Waals surface area contributed by atoms with Crippen LogP contribution in [0.5, 0.6) is 0 Å². The second-order valence-corrected chi connectivity index (χ2v) is 14.5. The third-order valence-electron chi connectivity index (χ3n) is 7.09. The van der Waals surface area contributed by atoms with E-state index in [1.807, 2.05) is 41.5 Å². The van der Waals surface area contributed by atoms with Crippen molar-refractivity contribution in [1.29, 1.82) is 0 Å². The molecule has 2 rings (SSSR count). The van der Waals surface area contributed by atoms with Crippen molar-refractivity contribution in [1.82, 2.24) is 0 Å². The van der Waals surface area contributed by atoms with E-state index in [0.717, 1.165) is 112 Å². The quantitative estimate of drug-likeness (QED) is 0.134. The van der Waals surface area contributed by atoms with Crippen LogP contribution in [0.15, 0.2) is 0 Å². The van der Waals surface area contributed by atoms with Gasteiger partial charge in [-0.3, -0.25) is 0 Å². The molecule has 0 saturated heterocycles. The zero-order chi connectivity index (χ0) is 37.3. The van der Waals surface area contributed by atoms with Crippen molar-refractivity contribution < 1.29 is 165 Å². The summed E-state index contributed by atoms with van der Waals surface area (Å²) in [5.74, 6) is 6.34. The van der Waals surface area contributed by atoms with E-state index < -0.39 is 24.4 Å². The van der Waals surface area contributed by atoms with Crippen LogP contribution in [0.1, 0.15) is 146 Å². The van der Waals surface area contributed by atoms with Gasteiger partial charge in [0.25, 0.3) is 0 Å². The smallest absolute Gasteiger partial charge is 0.0829 e. The Balaban J connectivity index is -0.0000000157. The summed E-state index contributed by atoms with van der Waals surface area (Å²) in [6.07, 6.45) is 11.1. The summed E-state index contributed by atoms with van der Waals surface area (Å²) in [7, 11) is 0. The van der Waals surface area contributed by atoms with Gasteiger partial charge in [-0.25, -0.2) is 0 Å². The topological polar surface area (TPSA) is 80.9 Å². The second-order valence-electron chi connectivity index (χ2n) is 11.0. The molecule has 0 aromatic carbocycles. The van der Waals surface area contributed by atoms with Crippen molar-refractivity contribution in [3.63, 3.8) is 0 Å². The number of aliphatic hydroxyl groups excluding tert-OH is 4. The summed E-state index contributed by atoms with van der Waals surface area (Å²) in [5, 5.41) is 39.7. The second kappa shape index (κ2) is 128. The van der Waals surface area contributed by atoms with Crippen LogP contribution in [-0.4, -0.2) is 79.4 Å². The summed E-state index contributed by atoms with van der Waals surface area (Å²) < 4.78 is 0. The Morgan fingerprint density at radius 3 is 0.435 bits per heavy atom. The largest absolute Gasteiger partial charge is 0.813 e. The van der Waals surface area contributed by atoms with E-state index >= 15 is 0 Å². The number of rotatable bonds is 8. The standard InChI is InChI=1S/2C12H24O2.6C2H6S.6Fe.2Mo.8H2S/c2*1-3-5-9-7-8-10(6-4-2)12(14)11(9)13;6*1-2-3;;;;;;;;;;;;;;;;/h2*9-14H,3-8H2,1-2H3;6*3H,2H2,1H3;;;;;;;;;8*1H2/p-14. The first-order valence-electron chi connectivity index (χ1n) is 18.1. The van der Waals surface area contributed by atoms with Gasteiger partial charge >= 0.3 is 0 Å². The van der Waals surface area contributed by atoms with Gasteiger partial charge in [-0.15, -0.1) is 0 Å². The van der Waals surface area contributed by atoms with E-state index in [1.165, 1.54) is 0 Å². The molecule has 2 aliphatic carbocycles. The number of hydrogen-bond acceptors (Lipinski definition) is 18. The fourth-order valence-electron chi connectivity index (χ4n) is 5.40. The molecule has 0 aromatic heterocycles. The first kappa shape index (κ1) is 145. The molecule has 0 amide bonds. The summed E-state index contributed by atoms with van der Waals surface area (Å²) in [5.41, 5.74) is 0. The molecule has 2 fully saturated rings. The van der Waals surface area contributed by atoms with Gasteiger partial charge in [0.2, 0.25) is 0 Å². The Morgan fingerprint density at radius 2 is 0.371 bits per heavy atom. The first-order valence-corrected chi connectivity index (χ1v) is 21.6. The molecule has 0 spiro atoms. The van der Waals surface area contributed by atoms with Crippen molar-refractivity contribution in [2.45, 2.75) is 171 Å². The maximum atomic E-state index is 9.92. The van der Waals surface area contributed by atoms with Crippen LogP contribution in [0.2, 0.25) is 0 Å². The SMILES string of the molecule is CCCC1CCC(CCC)C(O)C1O.CCCC1CCC(CCC)C(O)C1O.CC[S-].CC[S-].CC[S-].CC[S-].CC[S-].CC[S-].[Fe].[Fe].[Fe].[Fe].[Fe].[Fe].[Mo].[Mo].[SH-].[SH-].[SH-].[SH-].[SH-].[SH-].[SH-].[SH-]. The van der Waals surface area contributed by atoms with E-state index in [1.54, 1.807) is 0 Å². The Hall–Kier alpha value is 9.23. The van der Waals surface area contributed by atoms with E-state index in [2.05, 4.69) is 103 Å². The summed E-state index contributed by atoms with van der Waals surface area (Å²) >= 11 is 26.4. The van der Waals surface area contributed by atoms with E-state index in [-0.39, 0.29) is 253 Å². The molecule has 4 nitrogen and oxygen atoms in total. The monoisotopic (exact) mass is 1560 g/mol. The Bertz CT molecular complexity index is 470. The fourth-order valence-corrected chi connectivity index (χ4v) is 5.40. The molecule has 0 aliphatic heterocycles. The van der Waals surface area contributed by atoms with Crippen LogP contribution in [0, 0.1) is 23.7 Å². The molecule has 8 atom stereocenters. The van der Waals surface area contributed by atoms with E-state index in [9.17, 15) is 20.4 Å². The molecule has 2 saturated carbocycles. The molecule has 0 aromatic rings. The van der Waals surface area contributed by atoms with Crippen LogP contribution in [0.25, 0.3) is 0 Å². The molecule has 8 unspecified atom stereocenters. The van der Waals surface area contributed by atoms with Gasteiger partial charge in [-0.05, 0) is 75.0 Å². The van der Waals surface area contributed by atoms with Crippen LogP contribution in [-0.2, 0) is 328 Å². The summed E-state index contributed by atoms with van der Waals surface area (Å²) in [6.45, 7) is 20.2. The van der Waals surface area contributed by atoms with E-state index in [0.29, 0.717) is 23.7 Å². The summed E-state index contributed by atoms with van der Waals surface area (Å²) in [4.78, 5) is 0. The maximum absolute atomic E-state index is 9.92. The first-order chi connectivity index (χ1) is 21.9. The zero-order valence-electron chi connectivity index (χ0n) is 38.1. The van der Waals surface area contributed by atoms with Crippen molar-refractivity contribution in [2.24, 2.45) is 23.7 Å².